The molecule has 1 radical (unpaired) electrons. The molecule has 0 aliphatic carbocycles. The Kier molecular flexibility index (Phi) is 10.7. The Bertz CT molecular complexity index is 3590. The second-order valence-electron chi connectivity index (χ2n) is 18.2. The molecule has 0 bridgehead atoms. The van der Waals surface area contributed by atoms with Gasteiger partial charge in [-0.1, -0.05) is 126 Å². The molecular formula is C59H51IrN3O2-2. The standard InChI is InChI=1S/C44H35N2O2.C15H16N.Ir/c1-25(2)33-21-29(28-14-7-6-8-15-28)22-34(26(3)4)42(33)46-41-27(5)13-11-19-37(41)45-44(46)32-18-12-17-31-36-24-39-35(23-40(36)48-43(31)32)30-16-9-10-20-38(30)47-39;1-15(2,3)13-9-10-16-14(11-13)12-7-5-4-6-8-12;/h6-17,19-26H,1-5H3;4-7,9-11H,1-3H3;/q2*-1;/i5D3;;. The van der Waals surface area contributed by atoms with E-state index in [1.165, 1.54) is 5.56 Å². The Balaban J connectivity index is 0.000000289. The number of aryl methyl sites for hydroxylation is 1. The number of nitrogens with zero attached hydrogens (tertiary/aromatic N) is 3. The fourth-order valence-electron chi connectivity index (χ4n) is 8.85. The molecule has 0 saturated carbocycles. The van der Waals surface area contributed by atoms with Crippen molar-refractivity contribution >= 4 is 54.9 Å². The number of benzene rings is 7. The van der Waals surface area contributed by atoms with Crippen molar-refractivity contribution in [3.8, 4) is 39.5 Å². The SMILES string of the molecule is CC(C)(C)c1ccnc(-c2[c-]cccc2)c1.[2H]C([2H])([2H])c1cccc2nc(-c3[c-]ccc4c3oc3cc5c(cc34)oc3ccccc35)n(-c3c(C(C)C)cc(-c4ccccc4)cc3C(C)C)c12.[Ir]. The number of fused-ring (bicyclic) bond motifs is 7. The summed E-state index contributed by atoms with van der Waals surface area (Å²) in [6.07, 6.45) is 1.87. The van der Waals surface area contributed by atoms with Crippen LogP contribution in [0.2, 0.25) is 0 Å². The predicted molar refractivity (Wildman–Crippen MR) is 265 cm³/mol. The van der Waals surface area contributed by atoms with Gasteiger partial charge in [-0.15, -0.1) is 54.1 Å². The third-order valence-electron chi connectivity index (χ3n) is 12.2. The Morgan fingerprint density at radius 2 is 1.34 bits per heavy atom. The van der Waals surface area contributed by atoms with Crippen molar-refractivity contribution in [1.29, 1.82) is 0 Å². The first-order valence-electron chi connectivity index (χ1n) is 23.5. The smallest absolute Gasteiger partial charge is 0.136 e. The summed E-state index contributed by atoms with van der Waals surface area (Å²) in [5.74, 6) is 0.807. The van der Waals surface area contributed by atoms with Crippen LogP contribution < -0.4 is 0 Å². The average Bonchev–Trinajstić information content (AvgIpc) is 4.01. The van der Waals surface area contributed by atoms with Gasteiger partial charge in [0.25, 0.3) is 0 Å². The van der Waals surface area contributed by atoms with Crippen LogP contribution in [0.5, 0.6) is 0 Å². The number of furan rings is 2. The largest absolute Gasteiger partial charge is 0.501 e. The van der Waals surface area contributed by atoms with E-state index in [1.807, 2.05) is 85.1 Å². The first kappa shape index (κ1) is 40.0. The van der Waals surface area contributed by atoms with Gasteiger partial charge in [-0.05, 0) is 106 Å². The van der Waals surface area contributed by atoms with Crippen LogP contribution in [0.1, 0.15) is 86.7 Å². The number of hydrogen-bond acceptors (Lipinski definition) is 4. The van der Waals surface area contributed by atoms with Gasteiger partial charge in [0, 0.05) is 52.3 Å². The molecule has 4 heterocycles. The zero-order chi connectivity index (χ0) is 46.8. The van der Waals surface area contributed by atoms with E-state index in [-0.39, 0.29) is 42.9 Å². The fraction of sp³-hybridized carbons (Fsp3) is 0.186. The van der Waals surface area contributed by atoms with Gasteiger partial charge < -0.3 is 18.4 Å². The molecule has 0 spiro atoms. The zero-order valence-corrected chi connectivity index (χ0v) is 40.0. The minimum Gasteiger partial charge on any atom is -0.501 e. The van der Waals surface area contributed by atoms with E-state index < -0.39 is 6.85 Å². The molecule has 325 valence electrons. The quantitative estimate of drug-likeness (QED) is 0.156. The van der Waals surface area contributed by atoms with E-state index >= 15 is 0 Å². The Hall–Kier alpha value is -6.59. The molecule has 0 unspecified atom stereocenters. The predicted octanol–water partition coefficient (Wildman–Crippen LogP) is 16.4. The van der Waals surface area contributed by atoms with Crippen LogP contribution in [0.3, 0.4) is 0 Å². The molecule has 7 aromatic carbocycles. The molecule has 0 saturated heterocycles. The Labute approximate surface area is 398 Å². The van der Waals surface area contributed by atoms with Gasteiger partial charge in [-0.2, -0.15) is 0 Å². The van der Waals surface area contributed by atoms with Gasteiger partial charge in [-0.25, -0.2) is 0 Å². The maximum Gasteiger partial charge on any atom is 0.136 e. The molecule has 0 aliphatic heterocycles. The van der Waals surface area contributed by atoms with Gasteiger partial charge in [-0.3, -0.25) is 4.98 Å². The minimum absolute atomic E-state index is 0. The number of hydrogen-bond donors (Lipinski definition) is 0. The number of para-hydroxylation sites is 2. The van der Waals surface area contributed by atoms with Crippen molar-refractivity contribution in [2.45, 2.75) is 72.6 Å². The van der Waals surface area contributed by atoms with Crippen molar-refractivity contribution in [3.63, 3.8) is 0 Å². The number of imidazole rings is 1. The van der Waals surface area contributed by atoms with Crippen LogP contribution in [0.25, 0.3) is 94.4 Å². The summed E-state index contributed by atoms with van der Waals surface area (Å²) in [6.45, 7) is 13.0. The van der Waals surface area contributed by atoms with Crippen LogP contribution in [-0.4, -0.2) is 14.5 Å². The molecule has 6 heteroatoms. The second kappa shape index (κ2) is 17.4. The van der Waals surface area contributed by atoms with Crippen LogP contribution in [0.4, 0.5) is 0 Å². The topological polar surface area (TPSA) is 57.0 Å². The monoisotopic (exact) mass is 1030 g/mol. The first-order valence-corrected chi connectivity index (χ1v) is 22.0. The van der Waals surface area contributed by atoms with E-state index in [1.54, 1.807) is 12.1 Å². The van der Waals surface area contributed by atoms with Crippen molar-refractivity contribution in [3.05, 3.63) is 186 Å². The minimum atomic E-state index is -2.37. The summed E-state index contributed by atoms with van der Waals surface area (Å²) in [5, 5.41) is 3.85. The van der Waals surface area contributed by atoms with Crippen LogP contribution in [-0.2, 0) is 25.5 Å². The molecule has 65 heavy (non-hydrogen) atoms. The molecule has 0 amide bonds. The first-order chi connectivity index (χ1) is 32.2. The summed E-state index contributed by atoms with van der Waals surface area (Å²) in [7, 11) is 0. The van der Waals surface area contributed by atoms with Crippen LogP contribution in [0, 0.1) is 19.0 Å². The summed E-state index contributed by atoms with van der Waals surface area (Å²) in [6, 6.07) is 55.1. The van der Waals surface area contributed by atoms with Crippen molar-refractivity contribution in [2.24, 2.45) is 0 Å². The molecule has 4 aromatic heterocycles. The summed E-state index contributed by atoms with van der Waals surface area (Å²) >= 11 is 0. The van der Waals surface area contributed by atoms with Gasteiger partial charge in [0.2, 0.25) is 0 Å². The van der Waals surface area contributed by atoms with Gasteiger partial charge in [0.15, 0.2) is 0 Å². The fourth-order valence-corrected chi connectivity index (χ4v) is 8.85. The summed E-state index contributed by atoms with van der Waals surface area (Å²) in [4.78, 5) is 9.62. The van der Waals surface area contributed by atoms with Crippen LogP contribution in [0.15, 0.2) is 161 Å². The van der Waals surface area contributed by atoms with Crippen LogP contribution >= 0.6 is 0 Å². The van der Waals surface area contributed by atoms with Gasteiger partial charge in [0.1, 0.15) is 16.7 Å². The van der Waals surface area contributed by atoms with E-state index in [4.69, 9.17) is 17.9 Å². The Morgan fingerprint density at radius 1 is 0.631 bits per heavy atom. The molecule has 5 nitrogen and oxygen atoms in total. The third-order valence-corrected chi connectivity index (χ3v) is 12.2. The van der Waals surface area contributed by atoms with E-state index in [0.717, 1.165) is 77.5 Å². The maximum atomic E-state index is 8.62. The summed E-state index contributed by atoms with van der Waals surface area (Å²) < 4.78 is 40.9. The summed E-state index contributed by atoms with van der Waals surface area (Å²) in [5.41, 5.74) is 14.0. The molecule has 11 rings (SSSR count). The zero-order valence-electron chi connectivity index (χ0n) is 40.6. The van der Waals surface area contributed by atoms with E-state index in [2.05, 4.69) is 125 Å². The normalized spacial score (nSPS) is 12.7. The second-order valence-corrected chi connectivity index (χ2v) is 18.2. The molecule has 0 N–H and O–H groups in total. The number of aromatic nitrogens is 3. The average molecular weight is 1030 g/mol. The molecule has 0 fully saturated rings. The number of pyridine rings is 1. The van der Waals surface area contributed by atoms with Gasteiger partial charge >= 0.3 is 0 Å². The third kappa shape index (κ3) is 8.00. The maximum absolute atomic E-state index is 8.62. The van der Waals surface area contributed by atoms with E-state index in [9.17, 15) is 0 Å². The van der Waals surface area contributed by atoms with Crippen molar-refractivity contribution in [1.82, 2.24) is 14.5 Å². The van der Waals surface area contributed by atoms with Crippen molar-refractivity contribution in [2.75, 3.05) is 0 Å². The molecule has 0 aliphatic rings. The molecule has 0 atom stereocenters. The Morgan fingerprint density at radius 3 is 2.05 bits per heavy atom. The van der Waals surface area contributed by atoms with Gasteiger partial charge in [0.05, 0.1) is 22.4 Å². The van der Waals surface area contributed by atoms with Crippen molar-refractivity contribution < 1.29 is 33.1 Å². The number of rotatable bonds is 6. The molecular weight excluding hydrogens is 975 g/mol. The van der Waals surface area contributed by atoms with E-state index in [0.29, 0.717) is 28.0 Å². The molecule has 11 aromatic rings.